The first-order chi connectivity index (χ1) is 9.24. The lowest BCUT2D eigenvalue weighted by molar-refractivity contribution is 0.414. The Balaban J connectivity index is 2.21. The molecule has 0 fully saturated rings. The van der Waals surface area contributed by atoms with Crippen molar-refractivity contribution in [3.63, 3.8) is 0 Å². The number of halogens is 1. The van der Waals surface area contributed by atoms with Gasteiger partial charge >= 0.3 is 0 Å². The highest BCUT2D eigenvalue weighted by Crippen LogP contribution is 2.26. The van der Waals surface area contributed by atoms with Crippen LogP contribution in [0, 0.1) is 0 Å². The van der Waals surface area contributed by atoms with Gasteiger partial charge in [0.2, 0.25) is 0 Å². The molecule has 0 bridgehead atoms. The minimum Gasteiger partial charge on any atom is -0.497 e. The standard InChI is InChI=1S/C16H18ClNO/c1-18-16(14-8-3-4-9-15(14)17)11-12-6-5-7-13(10-12)19-2/h3-10,16,18H,11H2,1-2H3. The molecule has 2 nitrogen and oxygen atoms in total. The van der Waals surface area contributed by atoms with Crippen molar-refractivity contribution in [1.82, 2.24) is 5.32 Å². The van der Waals surface area contributed by atoms with Crippen molar-refractivity contribution >= 4 is 11.6 Å². The number of benzene rings is 2. The SMILES string of the molecule is CNC(Cc1cccc(OC)c1)c1ccccc1Cl. The highest BCUT2D eigenvalue weighted by atomic mass is 35.5. The van der Waals surface area contributed by atoms with Gasteiger partial charge in [-0.15, -0.1) is 0 Å². The first kappa shape index (κ1) is 13.9. The first-order valence-corrected chi connectivity index (χ1v) is 6.67. The zero-order valence-electron chi connectivity index (χ0n) is 11.2. The Hall–Kier alpha value is -1.51. The van der Waals surface area contributed by atoms with Gasteiger partial charge in [0.25, 0.3) is 0 Å². The molecule has 1 unspecified atom stereocenters. The summed E-state index contributed by atoms with van der Waals surface area (Å²) in [5, 5.41) is 4.12. The Labute approximate surface area is 119 Å². The molecule has 0 spiro atoms. The Morgan fingerprint density at radius 1 is 1.16 bits per heavy atom. The van der Waals surface area contributed by atoms with Crippen molar-refractivity contribution in [1.29, 1.82) is 0 Å². The van der Waals surface area contributed by atoms with Crippen LogP contribution in [0.25, 0.3) is 0 Å². The molecule has 0 aliphatic rings. The van der Waals surface area contributed by atoms with Gasteiger partial charge in [-0.2, -0.15) is 0 Å². The van der Waals surface area contributed by atoms with Crippen molar-refractivity contribution < 1.29 is 4.74 Å². The minimum absolute atomic E-state index is 0.195. The van der Waals surface area contributed by atoms with E-state index in [-0.39, 0.29) is 6.04 Å². The number of rotatable bonds is 5. The number of nitrogens with one attached hydrogen (secondary N) is 1. The normalized spacial score (nSPS) is 12.2. The van der Waals surface area contributed by atoms with Crippen molar-refractivity contribution in [3.05, 3.63) is 64.7 Å². The number of hydrogen-bond donors (Lipinski definition) is 1. The largest absolute Gasteiger partial charge is 0.497 e. The van der Waals surface area contributed by atoms with E-state index in [2.05, 4.69) is 23.5 Å². The summed E-state index contributed by atoms with van der Waals surface area (Å²) >= 11 is 6.26. The molecule has 0 heterocycles. The molecule has 0 amide bonds. The zero-order chi connectivity index (χ0) is 13.7. The van der Waals surface area contributed by atoms with E-state index < -0.39 is 0 Å². The molecular formula is C16H18ClNO. The maximum Gasteiger partial charge on any atom is 0.119 e. The molecule has 0 aliphatic carbocycles. The summed E-state index contributed by atoms with van der Waals surface area (Å²) in [7, 11) is 3.64. The van der Waals surface area contributed by atoms with Crippen LogP contribution in [-0.2, 0) is 6.42 Å². The Morgan fingerprint density at radius 2 is 1.95 bits per heavy atom. The molecule has 2 rings (SSSR count). The third-order valence-corrected chi connectivity index (χ3v) is 3.55. The summed E-state index contributed by atoms with van der Waals surface area (Å²) < 4.78 is 5.25. The van der Waals surface area contributed by atoms with Crippen LogP contribution >= 0.6 is 11.6 Å². The summed E-state index contributed by atoms with van der Waals surface area (Å²) in [5.41, 5.74) is 2.34. The Kier molecular flexibility index (Phi) is 4.83. The maximum absolute atomic E-state index is 6.26. The van der Waals surface area contributed by atoms with Crippen LogP contribution in [-0.4, -0.2) is 14.2 Å². The zero-order valence-corrected chi connectivity index (χ0v) is 11.9. The third-order valence-electron chi connectivity index (χ3n) is 3.20. The number of hydrogen-bond acceptors (Lipinski definition) is 2. The average molecular weight is 276 g/mol. The Bertz CT molecular complexity index is 542. The van der Waals surface area contributed by atoms with Gasteiger partial charge in [0.1, 0.15) is 5.75 Å². The molecule has 19 heavy (non-hydrogen) atoms. The fraction of sp³-hybridized carbons (Fsp3) is 0.250. The number of likely N-dealkylation sites (N-methyl/N-ethyl adjacent to an activating group) is 1. The molecule has 2 aromatic rings. The topological polar surface area (TPSA) is 21.3 Å². The van der Waals surface area contributed by atoms with Gasteiger partial charge in [-0.1, -0.05) is 41.9 Å². The number of ether oxygens (including phenoxy) is 1. The van der Waals surface area contributed by atoms with E-state index in [1.54, 1.807) is 7.11 Å². The van der Waals surface area contributed by atoms with Gasteiger partial charge in [-0.05, 0) is 42.8 Å². The molecule has 1 N–H and O–H groups in total. The van der Waals surface area contributed by atoms with Gasteiger partial charge < -0.3 is 10.1 Å². The summed E-state index contributed by atoms with van der Waals surface area (Å²) in [4.78, 5) is 0. The van der Waals surface area contributed by atoms with Gasteiger partial charge in [-0.3, -0.25) is 0 Å². The van der Waals surface area contributed by atoms with Crippen LogP contribution in [0.4, 0.5) is 0 Å². The van der Waals surface area contributed by atoms with Crippen LogP contribution in [0.1, 0.15) is 17.2 Å². The van der Waals surface area contributed by atoms with Gasteiger partial charge in [0.15, 0.2) is 0 Å². The second-order valence-corrected chi connectivity index (χ2v) is 4.83. The highest BCUT2D eigenvalue weighted by molar-refractivity contribution is 6.31. The fourth-order valence-corrected chi connectivity index (χ4v) is 2.43. The second kappa shape index (κ2) is 6.60. The van der Waals surface area contributed by atoms with E-state index >= 15 is 0 Å². The van der Waals surface area contributed by atoms with E-state index in [4.69, 9.17) is 16.3 Å². The second-order valence-electron chi connectivity index (χ2n) is 4.42. The first-order valence-electron chi connectivity index (χ1n) is 6.29. The van der Waals surface area contributed by atoms with Crippen LogP contribution in [0.3, 0.4) is 0 Å². The molecule has 0 aromatic heterocycles. The molecule has 0 saturated heterocycles. The molecule has 0 saturated carbocycles. The maximum atomic E-state index is 6.26. The van der Waals surface area contributed by atoms with Gasteiger partial charge in [0, 0.05) is 11.1 Å². The predicted octanol–water partition coefficient (Wildman–Crippen LogP) is 3.85. The Morgan fingerprint density at radius 3 is 2.63 bits per heavy atom. The van der Waals surface area contributed by atoms with E-state index in [0.717, 1.165) is 22.8 Å². The van der Waals surface area contributed by atoms with E-state index in [0.29, 0.717) is 0 Å². The molecule has 2 aromatic carbocycles. The summed E-state index contributed by atoms with van der Waals surface area (Å²) in [6, 6.07) is 16.3. The smallest absolute Gasteiger partial charge is 0.119 e. The third kappa shape index (κ3) is 3.49. The lowest BCUT2D eigenvalue weighted by Gasteiger charge is -2.18. The van der Waals surface area contributed by atoms with Crippen molar-refractivity contribution in [2.24, 2.45) is 0 Å². The van der Waals surface area contributed by atoms with Crippen molar-refractivity contribution in [2.75, 3.05) is 14.2 Å². The molecule has 1 atom stereocenters. The monoisotopic (exact) mass is 275 g/mol. The lowest BCUT2D eigenvalue weighted by atomic mass is 9.99. The molecule has 100 valence electrons. The minimum atomic E-state index is 0.195. The lowest BCUT2D eigenvalue weighted by Crippen LogP contribution is -2.19. The average Bonchev–Trinajstić information content (AvgIpc) is 2.46. The van der Waals surface area contributed by atoms with Crippen LogP contribution < -0.4 is 10.1 Å². The number of methoxy groups -OCH3 is 1. The van der Waals surface area contributed by atoms with Gasteiger partial charge in [0.05, 0.1) is 7.11 Å². The molecular weight excluding hydrogens is 258 g/mol. The van der Waals surface area contributed by atoms with E-state index in [9.17, 15) is 0 Å². The molecule has 3 heteroatoms. The van der Waals surface area contributed by atoms with Crippen molar-refractivity contribution in [3.8, 4) is 5.75 Å². The van der Waals surface area contributed by atoms with E-state index in [1.807, 2.05) is 37.4 Å². The van der Waals surface area contributed by atoms with Crippen molar-refractivity contribution in [2.45, 2.75) is 12.5 Å². The fourth-order valence-electron chi connectivity index (χ4n) is 2.16. The summed E-state index contributed by atoms with van der Waals surface area (Å²) in [5.74, 6) is 0.881. The van der Waals surface area contributed by atoms with E-state index in [1.165, 1.54) is 5.56 Å². The van der Waals surface area contributed by atoms with Gasteiger partial charge in [-0.25, -0.2) is 0 Å². The van der Waals surface area contributed by atoms with Crippen LogP contribution in [0.15, 0.2) is 48.5 Å². The summed E-state index contributed by atoms with van der Waals surface area (Å²) in [6.45, 7) is 0. The quantitative estimate of drug-likeness (QED) is 0.895. The molecule has 0 aliphatic heterocycles. The molecule has 0 radical (unpaired) electrons. The predicted molar refractivity (Wildman–Crippen MR) is 80.0 cm³/mol. The highest BCUT2D eigenvalue weighted by Gasteiger charge is 2.13. The van der Waals surface area contributed by atoms with Crippen LogP contribution in [0.5, 0.6) is 5.75 Å². The summed E-state index contributed by atoms with van der Waals surface area (Å²) in [6.07, 6.45) is 0.872. The van der Waals surface area contributed by atoms with Crippen LogP contribution in [0.2, 0.25) is 5.02 Å².